The molecule has 0 spiro atoms. The first kappa shape index (κ1) is 17.0. The Morgan fingerprint density at radius 2 is 2.13 bits per heavy atom. The first-order valence-corrected chi connectivity index (χ1v) is 7.14. The van der Waals surface area contributed by atoms with Gasteiger partial charge in [-0.05, 0) is 25.0 Å². The Morgan fingerprint density at radius 3 is 2.74 bits per heavy atom. The molecule has 1 aromatic carbocycles. The summed E-state index contributed by atoms with van der Waals surface area (Å²) >= 11 is 0. The summed E-state index contributed by atoms with van der Waals surface area (Å²) < 4.78 is 34.7. The summed E-state index contributed by atoms with van der Waals surface area (Å²) in [6, 6.07) is 4.33. The molecule has 126 valence electrons. The van der Waals surface area contributed by atoms with E-state index < -0.39 is 24.3 Å². The molecule has 2 amide bonds. The maximum Gasteiger partial charge on any atom is 0.387 e. The molecule has 1 fully saturated rings. The highest BCUT2D eigenvalue weighted by atomic mass is 19.3. The summed E-state index contributed by atoms with van der Waals surface area (Å²) in [5.74, 6) is -1.67. The van der Waals surface area contributed by atoms with Crippen molar-refractivity contribution in [2.75, 3.05) is 20.2 Å². The summed E-state index contributed by atoms with van der Waals surface area (Å²) in [4.78, 5) is 25.4. The zero-order valence-electron chi connectivity index (χ0n) is 12.6. The van der Waals surface area contributed by atoms with E-state index in [1.54, 1.807) is 0 Å². The minimum atomic E-state index is -3.09. The van der Waals surface area contributed by atoms with Gasteiger partial charge >= 0.3 is 6.61 Å². The lowest BCUT2D eigenvalue weighted by Gasteiger charge is -2.31. The van der Waals surface area contributed by atoms with Crippen molar-refractivity contribution in [3.05, 3.63) is 23.8 Å². The molecule has 1 aliphatic heterocycles. The van der Waals surface area contributed by atoms with Crippen LogP contribution in [0.2, 0.25) is 0 Å². The van der Waals surface area contributed by atoms with Gasteiger partial charge in [0.2, 0.25) is 5.91 Å². The number of nitrogens with zero attached hydrogens (tertiary/aromatic N) is 1. The van der Waals surface area contributed by atoms with Gasteiger partial charge in [-0.25, -0.2) is 0 Å². The van der Waals surface area contributed by atoms with Gasteiger partial charge in [0.1, 0.15) is 0 Å². The Labute approximate surface area is 132 Å². The first-order chi connectivity index (χ1) is 10.9. The summed E-state index contributed by atoms with van der Waals surface area (Å²) in [6.45, 7) is -2.49. The van der Waals surface area contributed by atoms with E-state index in [2.05, 4.69) is 4.74 Å². The van der Waals surface area contributed by atoms with Crippen LogP contribution in [-0.2, 0) is 4.79 Å². The van der Waals surface area contributed by atoms with E-state index in [1.807, 2.05) is 0 Å². The number of likely N-dealkylation sites (tertiary alicyclic amines) is 1. The number of hydrogen-bond donors (Lipinski definition) is 1. The molecule has 0 aromatic heterocycles. The standard InChI is InChI=1S/C15H18F2N2O4/c1-22-11-6-2-5-10(12(11)23-15(16)17)14(21)19-7-3-4-9(8-19)13(18)20/h2,5-6,9,15H,3-4,7-8H2,1H3,(H2,18,20)/t9-/m1/s1. The maximum atomic E-state index is 12.6. The number of rotatable bonds is 5. The quantitative estimate of drug-likeness (QED) is 0.891. The highest BCUT2D eigenvalue weighted by Gasteiger charge is 2.30. The molecule has 2 N–H and O–H groups in total. The van der Waals surface area contributed by atoms with Gasteiger partial charge in [0.15, 0.2) is 11.5 Å². The van der Waals surface area contributed by atoms with E-state index in [1.165, 1.54) is 30.2 Å². The van der Waals surface area contributed by atoms with E-state index in [-0.39, 0.29) is 23.6 Å². The molecule has 0 aliphatic carbocycles. The second kappa shape index (κ2) is 7.26. The van der Waals surface area contributed by atoms with Crippen LogP contribution in [0.15, 0.2) is 18.2 Å². The van der Waals surface area contributed by atoms with Gasteiger partial charge in [-0.3, -0.25) is 9.59 Å². The number of carbonyl (C=O) groups is 2. The molecule has 8 heteroatoms. The highest BCUT2D eigenvalue weighted by Crippen LogP contribution is 2.34. The molecule has 23 heavy (non-hydrogen) atoms. The van der Waals surface area contributed by atoms with Crippen molar-refractivity contribution < 1.29 is 27.8 Å². The minimum Gasteiger partial charge on any atom is -0.493 e. The van der Waals surface area contributed by atoms with E-state index in [9.17, 15) is 18.4 Å². The van der Waals surface area contributed by atoms with Crippen LogP contribution in [-0.4, -0.2) is 43.5 Å². The van der Waals surface area contributed by atoms with Gasteiger partial charge in [0, 0.05) is 13.1 Å². The van der Waals surface area contributed by atoms with Crippen molar-refractivity contribution in [2.45, 2.75) is 19.5 Å². The smallest absolute Gasteiger partial charge is 0.387 e. The van der Waals surface area contributed by atoms with Gasteiger partial charge in [-0.2, -0.15) is 8.78 Å². The second-order valence-corrected chi connectivity index (χ2v) is 5.21. The summed E-state index contributed by atoms with van der Waals surface area (Å²) in [7, 11) is 1.30. The molecule has 0 unspecified atom stereocenters. The fourth-order valence-corrected chi connectivity index (χ4v) is 2.62. The van der Waals surface area contributed by atoms with Crippen LogP contribution in [0.1, 0.15) is 23.2 Å². The number of halogens is 2. The lowest BCUT2D eigenvalue weighted by atomic mass is 9.96. The molecule has 1 heterocycles. The zero-order chi connectivity index (χ0) is 17.0. The summed E-state index contributed by atoms with van der Waals surface area (Å²) in [5.41, 5.74) is 5.26. The van der Waals surface area contributed by atoms with Crippen LogP contribution >= 0.6 is 0 Å². The molecular formula is C15H18F2N2O4. The largest absolute Gasteiger partial charge is 0.493 e. The SMILES string of the molecule is COc1cccc(C(=O)N2CCC[C@@H](C(N)=O)C2)c1OC(F)F. The number of hydrogen-bond acceptors (Lipinski definition) is 4. The van der Waals surface area contributed by atoms with Crippen LogP contribution in [0, 0.1) is 5.92 Å². The number of piperidine rings is 1. The zero-order valence-corrected chi connectivity index (χ0v) is 12.6. The number of nitrogens with two attached hydrogens (primary N) is 1. The van der Waals surface area contributed by atoms with Crippen LogP contribution in [0.4, 0.5) is 8.78 Å². The lowest BCUT2D eigenvalue weighted by molar-refractivity contribution is -0.123. The van der Waals surface area contributed by atoms with E-state index in [0.29, 0.717) is 19.4 Å². The van der Waals surface area contributed by atoms with Gasteiger partial charge in [-0.1, -0.05) is 6.07 Å². The van der Waals surface area contributed by atoms with Gasteiger partial charge in [0.05, 0.1) is 18.6 Å². The molecule has 6 nitrogen and oxygen atoms in total. The molecular weight excluding hydrogens is 310 g/mol. The number of primary amides is 1. The van der Waals surface area contributed by atoms with Crippen LogP contribution in [0.25, 0.3) is 0 Å². The normalized spacial score (nSPS) is 17.9. The number of benzene rings is 1. The number of carbonyl (C=O) groups excluding carboxylic acids is 2. The number of ether oxygens (including phenoxy) is 2. The third-order valence-electron chi connectivity index (χ3n) is 3.75. The number of methoxy groups -OCH3 is 1. The van der Waals surface area contributed by atoms with Crippen LogP contribution < -0.4 is 15.2 Å². The van der Waals surface area contributed by atoms with Crippen molar-refractivity contribution in [1.29, 1.82) is 0 Å². The van der Waals surface area contributed by atoms with Crippen molar-refractivity contribution >= 4 is 11.8 Å². The Bertz CT molecular complexity index is 595. The summed E-state index contributed by atoms with van der Waals surface area (Å²) in [6.07, 6.45) is 1.23. The second-order valence-electron chi connectivity index (χ2n) is 5.21. The Kier molecular flexibility index (Phi) is 5.36. The Morgan fingerprint density at radius 1 is 1.39 bits per heavy atom. The van der Waals surface area contributed by atoms with Crippen molar-refractivity contribution in [3.8, 4) is 11.5 Å². The van der Waals surface area contributed by atoms with E-state index in [0.717, 1.165) is 0 Å². The van der Waals surface area contributed by atoms with Crippen LogP contribution in [0.5, 0.6) is 11.5 Å². The Hall–Kier alpha value is -2.38. The van der Waals surface area contributed by atoms with Crippen LogP contribution in [0.3, 0.4) is 0 Å². The Balaban J connectivity index is 2.29. The topological polar surface area (TPSA) is 81.9 Å². The molecule has 2 rings (SSSR count). The van der Waals surface area contributed by atoms with Gasteiger partial charge in [-0.15, -0.1) is 0 Å². The highest BCUT2D eigenvalue weighted by molar-refractivity contribution is 5.98. The van der Waals surface area contributed by atoms with Crippen molar-refractivity contribution in [3.63, 3.8) is 0 Å². The number of alkyl halides is 2. The molecule has 1 atom stereocenters. The van der Waals surface area contributed by atoms with Gasteiger partial charge < -0.3 is 20.1 Å². The minimum absolute atomic E-state index is 0.0326. The monoisotopic (exact) mass is 328 g/mol. The third-order valence-corrected chi connectivity index (χ3v) is 3.75. The fraction of sp³-hybridized carbons (Fsp3) is 0.467. The van der Waals surface area contributed by atoms with E-state index >= 15 is 0 Å². The van der Waals surface area contributed by atoms with Gasteiger partial charge in [0.25, 0.3) is 5.91 Å². The molecule has 1 saturated heterocycles. The lowest BCUT2D eigenvalue weighted by Crippen LogP contribution is -2.44. The number of amides is 2. The van der Waals surface area contributed by atoms with Crippen molar-refractivity contribution in [1.82, 2.24) is 4.90 Å². The average Bonchev–Trinajstić information content (AvgIpc) is 2.54. The fourth-order valence-electron chi connectivity index (χ4n) is 2.62. The van der Waals surface area contributed by atoms with Crippen molar-refractivity contribution in [2.24, 2.45) is 11.7 Å². The average molecular weight is 328 g/mol. The van der Waals surface area contributed by atoms with E-state index in [4.69, 9.17) is 10.5 Å². The maximum absolute atomic E-state index is 12.6. The molecule has 1 aromatic rings. The molecule has 1 aliphatic rings. The molecule has 0 radical (unpaired) electrons. The first-order valence-electron chi connectivity index (χ1n) is 7.14. The number of para-hydroxylation sites is 1. The third kappa shape index (κ3) is 3.88. The summed E-state index contributed by atoms with van der Waals surface area (Å²) in [5, 5.41) is 0. The molecule has 0 bridgehead atoms. The molecule has 0 saturated carbocycles. The predicted molar refractivity (Wildman–Crippen MR) is 77.4 cm³/mol. The predicted octanol–water partition coefficient (Wildman–Crippen LogP) is 1.63.